The van der Waals surface area contributed by atoms with Gasteiger partial charge in [0.2, 0.25) is 0 Å². The van der Waals surface area contributed by atoms with Crippen molar-refractivity contribution in [3.8, 4) is 5.75 Å². The second kappa shape index (κ2) is 4.84. The van der Waals surface area contributed by atoms with E-state index in [1.54, 1.807) is 54.6 Å². The number of fused-ring (bicyclic) bond motifs is 1. The van der Waals surface area contributed by atoms with Crippen LogP contribution in [-0.2, 0) is 14.3 Å². The van der Waals surface area contributed by atoms with Crippen molar-refractivity contribution in [2.75, 3.05) is 0 Å². The number of para-hydroxylation sites is 1. The summed E-state index contributed by atoms with van der Waals surface area (Å²) in [6.07, 6.45) is 0. The van der Waals surface area contributed by atoms with Crippen LogP contribution in [0.2, 0.25) is 0 Å². The highest BCUT2D eigenvalue weighted by atomic mass is 16.6. The molecule has 2 aliphatic rings. The lowest BCUT2D eigenvalue weighted by Gasteiger charge is -2.01. The van der Waals surface area contributed by atoms with E-state index < -0.39 is 11.9 Å². The van der Waals surface area contributed by atoms with Crippen molar-refractivity contribution in [3.05, 3.63) is 77.2 Å². The number of hydrogen-bond donors (Lipinski definition) is 1. The molecule has 0 aromatic heterocycles. The van der Waals surface area contributed by atoms with Crippen LogP contribution in [0.5, 0.6) is 5.75 Å². The number of carbonyl (C=O) groups excluding carboxylic acids is 2. The largest absolute Gasteiger partial charge is 0.504 e. The van der Waals surface area contributed by atoms with Crippen molar-refractivity contribution in [1.82, 2.24) is 0 Å². The minimum atomic E-state index is -0.701. The van der Waals surface area contributed by atoms with Crippen LogP contribution in [0.15, 0.2) is 66.1 Å². The van der Waals surface area contributed by atoms with Crippen molar-refractivity contribution >= 4 is 23.1 Å². The van der Waals surface area contributed by atoms with Crippen molar-refractivity contribution in [3.63, 3.8) is 0 Å². The Labute approximate surface area is 131 Å². The molecule has 4 rings (SSSR count). The van der Waals surface area contributed by atoms with E-state index in [9.17, 15) is 14.7 Å². The van der Waals surface area contributed by atoms with Crippen molar-refractivity contribution in [2.45, 2.75) is 0 Å². The minimum Gasteiger partial charge on any atom is -0.504 e. The maximum absolute atomic E-state index is 12.1. The molecule has 0 bridgehead atoms. The summed E-state index contributed by atoms with van der Waals surface area (Å²) in [6, 6.07) is 15.4. The van der Waals surface area contributed by atoms with Crippen LogP contribution in [0.1, 0.15) is 11.1 Å². The number of esters is 2. The number of aliphatic hydroxyl groups excluding tert-OH is 1. The second-order valence-electron chi connectivity index (χ2n) is 5.07. The number of benzene rings is 2. The molecule has 0 saturated heterocycles. The van der Waals surface area contributed by atoms with E-state index in [-0.39, 0.29) is 22.7 Å². The van der Waals surface area contributed by atoms with Crippen LogP contribution < -0.4 is 4.74 Å². The molecular formula is C18H10O5. The third kappa shape index (κ3) is 1.94. The molecule has 5 nitrogen and oxygen atoms in total. The van der Waals surface area contributed by atoms with E-state index in [2.05, 4.69) is 0 Å². The van der Waals surface area contributed by atoms with Crippen LogP contribution in [0.3, 0.4) is 0 Å². The highest BCUT2D eigenvalue weighted by Gasteiger charge is 2.39. The number of hydrogen-bond acceptors (Lipinski definition) is 5. The van der Waals surface area contributed by atoms with E-state index in [0.717, 1.165) is 0 Å². The Morgan fingerprint density at radius 2 is 1.39 bits per heavy atom. The maximum atomic E-state index is 12.1. The van der Waals surface area contributed by atoms with Gasteiger partial charge in [-0.3, -0.25) is 0 Å². The predicted octanol–water partition coefficient (Wildman–Crippen LogP) is 2.84. The molecule has 0 spiro atoms. The lowest BCUT2D eigenvalue weighted by molar-refractivity contribution is -0.131. The summed E-state index contributed by atoms with van der Waals surface area (Å²) in [5.41, 5.74) is 1.09. The van der Waals surface area contributed by atoms with Gasteiger partial charge in [-0.2, -0.15) is 0 Å². The molecule has 2 aromatic carbocycles. The third-order valence-corrected chi connectivity index (χ3v) is 3.70. The zero-order chi connectivity index (χ0) is 16.0. The van der Waals surface area contributed by atoms with Crippen LogP contribution in [0, 0.1) is 0 Å². The Kier molecular flexibility index (Phi) is 2.81. The van der Waals surface area contributed by atoms with Gasteiger partial charge in [0.15, 0.2) is 11.5 Å². The molecule has 2 aromatic rings. The molecular weight excluding hydrogens is 296 g/mol. The smallest absolute Gasteiger partial charge is 0.348 e. The van der Waals surface area contributed by atoms with E-state index in [0.29, 0.717) is 16.9 Å². The number of carbonyl (C=O) groups is 2. The summed E-state index contributed by atoms with van der Waals surface area (Å²) in [6.45, 7) is 0. The lowest BCUT2D eigenvalue weighted by Crippen LogP contribution is -2.05. The van der Waals surface area contributed by atoms with Gasteiger partial charge in [-0.15, -0.1) is 0 Å². The molecule has 2 aliphatic heterocycles. The van der Waals surface area contributed by atoms with E-state index >= 15 is 0 Å². The van der Waals surface area contributed by atoms with Gasteiger partial charge in [0.05, 0.1) is 0 Å². The number of cyclic esters (lactones) is 1. The topological polar surface area (TPSA) is 72.8 Å². The molecule has 112 valence electrons. The minimum absolute atomic E-state index is 0.0327. The summed E-state index contributed by atoms with van der Waals surface area (Å²) < 4.78 is 10.3. The zero-order valence-electron chi connectivity index (χ0n) is 11.8. The quantitative estimate of drug-likeness (QED) is 0.498. The summed E-state index contributed by atoms with van der Waals surface area (Å²) in [5.74, 6) is -1.51. The molecule has 0 atom stereocenters. The Morgan fingerprint density at radius 3 is 2.17 bits per heavy atom. The van der Waals surface area contributed by atoms with Gasteiger partial charge in [-0.05, 0) is 11.6 Å². The third-order valence-electron chi connectivity index (χ3n) is 3.70. The fourth-order valence-electron chi connectivity index (χ4n) is 2.67. The Bertz CT molecular complexity index is 906. The first-order valence-corrected chi connectivity index (χ1v) is 6.94. The molecule has 2 heterocycles. The van der Waals surface area contributed by atoms with Crippen molar-refractivity contribution in [1.29, 1.82) is 0 Å². The zero-order valence-corrected chi connectivity index (χ0v) is 11.8. The van der Waals surface area contributed by atoms with Gasteiger partial charge in [0.1, 0.15) is 16.9 Å². The van der Waals surface area contributed by atoms with Crippen molar-refractivity contribution < 1.29 is 24.2 Å². The number of rotatable bonds is 1. The molecule has 0 unspecified atom stereocenters. The molecule has 1 N–H and O–H groups in total. The van der Waals surface area contributed by atoms with Crippen LogP contribution in [0.4, 0.5) is 0 Å². The fourth-order valence-corrected chi connectivity index (χ4v) is 2.67. The van der Waals surface area contributed by atoms with E-state index in [4.69, 9.17) is 9.47 Å². The molecule has 0 radical (unpaired) electrons. The monoisotopic (exact) mass is 306 g/mol. The number of aliphatic hydroxyl groups is 1. The summed E-state index contributed by atoms with van der Waals surface area (Å²) in [5, 5.41) is 10.4. The van der Waals surface area contributed by atoms with Gasteiger partial charge >= 0.3 is 11.9 Å². The Balaban J connectivity index is 1.93. The standard InChI is InChI=1S/C18H10O5/c19-15-13(10-6-2-1-3-7-10)17(20)23-16(15)14-11-8-4-5-9-12(11)22-18(14)21/h1-9,19H. The van der Waals surface area contributed by atoms with Crippen LogP contribution >= 0.6 is 0 Å². The summed E-state index contributed by atoms with van der Waals surface area (Å²) in [4.78, 5) is 24.3. The van der Waals surface area contributed by atoms with Gasteiger partial charge in [0, 0.05) is 5.56 Å². The van der Waals surface area contributed by atoms with E-state index in [1.807, 2.05) is 0 Å². The first kappa shape index (κ1) is 13.3. The molecule has 0 amide bonds. The van der Waals surface area contributed by atoms with Crippen LogP contribution in [0.25, 0.3) is 11.1 Å². The molecule has 0 aliphatic carbocycles. The molecule has 5 heteroatoms. The first-order valence-electron chi connectivity index (χ1n) is 6.94. The molecule has 0 fully saturated rings. The highest BCUT2D eigenvalue weighted by Crippen LogP contribution is 2.41. The predicted molar refractivity (Wildman–Crippen MR) is 81.1 cm³/mol. The van der Waals surface area contributed by atoms with E-state index in [1.165, 1.54) is 0 Å². The normalized spacial score (nSPS) is 19.7. The lowest BCUT2D eigenvalue weighted by atomic mass is 10.0. The average Bonchev–Trinajstić information content (AvgIpc) is 3.03. The highest BCUT2D eigenvalue weighted by molar-refractivity contribution is 6.27. The van der Waals surface area contributed by atoms with Gasteiger partial charge in [-0.25, -0.2) is 9.59 Å². The van der Waals surface area contributed by atoms with Crippen molar-refractivity contribution in [2.24, 2.45) is 0 Å². The maximum Gasteiger partial charge on any atom is 0.348 e. The molecule has 0 saturated carbocycles. The molecule has 23 heavy (non-hydrogen) atoms. The average molecular weight is 306 g/mol. The van der Waals surface area contributed by atoms with Gasteiger partial charge in [0.25, 0.3) is 0 Å². The first-order chi connectivity index (χ1) is 11.2. The second-order valence-corrected chi connectivity index (χ2v) is 5.07. The van der Waals surface area contributed by atoms with Gasteiger partial charge in [-0.1, -0.05) is 48.5 Å². The summed E-state index contributed by atoms with van der Waals surface area (Å²) in [7, 11) is 0. The SMILES string of the molecule is O=C1OC(=C2C(=O)Oc3ccccc32)C(O)=C1c1ccccc1. The Hall–Kier alpha value is -3.34. The van der Waals surface area contributed by atoms with Gasteiger partial charge < -0.3 is 14.6 Å². The fraction of sp³-hybridized carbons (Fsp3) is 0. The number of ether oxygens (including phenoxy) is 2. The summed E-state index contributed by atoms with van der Waals surface area (Å²) >= 11 is 0. The van der Waals surface area contributed by atoms with Crippen LogP contribution in [-0.4, -0.2) is 17.0 Å². The Morgan fingerprint density at radius 1 is 0.739 bits per heavy atom.